The first kappa shape index (κ1) is 24.1. The van der Waals surface area contributed by atoms with Crippen LogP contribution in [0, 0.1) is 0 Å². The SMILES string of the molecule is COc1ccc(CCNC(=O)c2ccc(NC(=O)Oc3ccccc3)cc2)cc1OC1CCCC1. The van der Waals surface area contributed by atoms with Crippen molar-refractivity contribution >= 4 is 17.7 Å². The van der Waals surface area contributed by atoms with E-state index in [2.05, 4.69) is 10.6 Å². The van der Waals surface area contributed by atoms with Crippen LogP contribution < -0.4 is 24.8 Å². The Morgan fingerprint density at radius 2 is 1.66 bits per heavy atom. The van der Waals surface area contributed by atoms with Crippen molar-refractivity contribution in [3.8, 4) is 17.2 Å². The largest absolute Gasteiger partial charge is 0.493 e. The average Bonchev–Trinajstić information content (AvgIpc) is 3.38. The average molecular weight is 475 g/mol. The number of hydrogen-bond donors (Lipinski definition) is 2. The minimum absolute atomic E-state index is 0.181. The molecule has 1 fully saturated rings. The Morgan fingerprint density at radius 3 is 2.37 bits per heavy atom. The third-order valence-electron chi connectivity index (χ3n) is 5.87. The third kappa shape index (κ3) is 6.99. The summed E-state index contributed by atoms with van der Waals surface area (Å²) in [7, 11) is 1.64. The Hall–Kier alpha value is -4.00. The van der Waals surface area contributed by atoms with Crippen molar-refractivity contribution < 1.29 is 23.8 Å². The van der Waals surface area contributed by atoms with E-state index < -0.39 is 6.09 Å². The van der Waals surface area contributed by atoms with E-state index in [-0.39, 0.29) is 12.0 Å². The highest BCUT2D eigenvalue weighted by atomic mass is 16.6. The molecule has 2 amide bonds. The lowest BCUT2D eigenvalue weighted by Gasteiger charge is -2.17. The number of carbonyl (C=O) groups is 2. The molecule has 1 aliphatic carbocycles. The smallest absolute Gasteiger partial charge is 0.417 e. The van der Waals surface area contributed by atoms with Crippen LogP contribution in [0.1, 0.15) is 41.6 Å². The number of anilines is 1. The van der Waals surface area contributed by atoms with E-state index in [4.69, 9.17) is 14.2 Å². The van der Waals surface area contributed by atoms with E-state index in [0.717, 1.165) is 29.9 Å². The zero-order chi connectivity index (χ0) is 24.5. The van der Waals surface area contributed by atoms with Crippen molar-refractivity contribution in [2.45, 2.75) is 38.2 Å². The van der Waals surface area contributed by atoms with Gasteiger partial charge in [-0.25, -0.2) is 4.79 Å². The molecule has 0 bridgehead atoms. The summed E-state index contributed by atoms with van der Waals surface area (Å²) < 4.78 is 16.8. The molecule has 182 valence electrons. The van der Waals surface area contributed by atoms with Crippen LogP contribution in [0.3, 0.4) is 0 Å². The Morgan fingerprint density at radius 1 is 0.914 bits per heavy atom. The van der Waals surface area contributed by atoms with E-state index in [1.54, 1.807) is 55.6 Å². The maximum Gasteiger partial charge on any atom is 0.417 e. The molecule has 35 heavy (non-hydrogen) atoms. The van der Waals surface area contributed by atoms with Gasteiger partial charge >= 0.3 is 6.09 Å². The van der Waals surface area contributed by atoms with E-state index >= 15 is 0 Å². The van der Waals surface area contributed by atoms with Crippen LogP contribution in [0.25, 0.3) is 0 Å². The van der Waals surface area contributed by atoms with E-state index in [1.165, 1.54) is 12.8 Å². The van der Waals surface area contributed by atoms with Crippen LogP contribution in [0.5, 0.6) is 17.2 Å². The summed E-state index contributed by atoms with van der Waals surface area (Å²) in [5.74, 6) is 1.76. The molecule has 0 atom stereocenters. The van der Waals surface area contributed by atoms with Gasteiger partial charge in [0.1, 0.15) is 5.75 Å². The van der Waals surface area contributed by atoms with Crippen molar-refractivity contribution in [3.05, 3.63) is 83.9 Å². The quantitative estimate of drug-likeness (QED) is 0.422. The summed E-state index contributed by atoms with van der Waals surface area (Å²) in [5.41, 5.74) is 2.11. The summed E-state index contributed by atoms with van der Waals surface area (Å²) in [6.07, 6.45) is 4.88. The summed E-state index contributed by atoms with van der Waals surface area (Å²) in [4.78, 5) is 24.5. The van der Waals surface area contributed by atoms with Gasteiger partial charge in [-0.1, -0.05) is 24.3 Å². The Bertz CT molecular complexity index is 1130. The molecule has 3 aromatic rings. The molecular weight excluding hydrogens is 444 g/mol. The number of carbonyl (C=O) groups excluding carboxylic acids is 2. The van der Waals surface area contributed by atoms with Gasteiger partial charge in [0.15, 0.2) is 11.5 Å². The van der Waals surface area contributed by atoms with Gasteiger partial charge in [0, 0.05) is 17.8 Å². The molecule has 2 N–H and O–H groups in total. The lowest BCUT2D eigenvalue weighted by atomic mass is 10.1. The van der Waals surface area contributed by atoms with Crippen LogP contribution in [0.4, 0.5) is 10.5 Å². The normalized spacial score (nSPS) is 13.2. The van der Waals surface area contributed by atoms with E-state index in [9.17, 15) is 9.59 Å². The van der Waals surface area contributed by atoms with Crippen LogP contribution in [-0.4, -0.2) is 31.8 Å². The van der Waals surface area contributed by atoms with Crippen molar-refractivity contribution in [2.75, 3.05) is 19.0 Å². The topological polar surface area (TPSA) is 85.9 Å². The van der Waals surface area contributed by atoms with Gasteiger partial charge in [-0.05, 0) is 86.2 Å². The molecule has 1 aliphatic rings. The maximum atomic E-state index is 12.5. The fraction of sp³-hybridized carbons (Fsp3) is 0.286. The highest BCUT2D eigenvalue weighted by Crippen LogP contribution is 2.32. The number of hydrogen-bond acceptors (Lipinski definition) is 5. The Labute approximate surface area is 205 Å². The molecule has 7 heteroatoms. The number of benzene rings is 3. The van der Waals surface area contributed by atoms with Crippen LogP contribution in [0.2, 0.25) is 0 Å². The highest BCUT2D eigenvalue weighted by Gasteiger charge is 2.18. The van der Waals surface area contributed by atoms with Gasteiger partial charge in [-0.3, -0.25) is 10.1 Å². The first-order valence-electron chi connectivity index (χ1n) is 11.9. The molecule has 0 saturated heterocycles. The summed E-state index contributed by atoms with van der Waals surface area (Å²) >= 11 is 0. The molecule has 0 radical (unpaired) electrons. The van der Waals surface area contributed by atoms with E-state index in [1.807, 2.05) is 24.3 Å². The summed E-state index contributed by atoms with van der Waals surface area (Å²) in [6.45, 7) is 0.484. The third-order valence-corrected chi connectivity index (χ3v) is 5.87. The second kappa shape index (κ2) is 11.9. The van der Waals surface area contributed by atoms with E-state index in [0.29, 0.717) is 30.0 Å². The molecular formula is C28H30N2O5. The number of rotatable bonds is 9. The highest BCUT2D eigenvalue weighted by molar-refractivity contribution is 5.95. The molecule has 7 nitrogen and oxygen atoms in total. The lowest BCUT2D eigenvalue weighted by Crippen LogP contribution is -2.25. The van der Waals surface area contributed by atoms with Crippen LogP contribution >= 0.6 is 0 Å². The number of para-hydroxylation sites is 1. The van der Waals surface area contributed by atoms with Gasteiger partial charge in [0.2, 0.25) is 0 Å². The van der Waals surface area contributed by atoms with Crippen molar-refractivity contribution in [1.82, 2.24) is 5.32 Å². The second-order valence-electron chi connectivity index (χ2n) is 8.42. The minimum Gasteiger partial charge on any atom is -0.493 e. The van der Waals surface area contributed by atoms with Gasteiger partial charge < -0.3 is 19.5 Å². The zero-order valence-corrected chi connectivity index (χ0v) is 19.8. The Kier molecular flexibility index (Phi) is 8.22. The zero-order valence-electron chi connectivity index (χ0n) is 19.8. The number of amides is 2. The molecule has 0 spiro atoms. The number of ether oxygens (including phenoxy) is 3. The van der Waals surface area contributed by atoms with Gasteiger partial charge in [-0.15, -0.1) is 0 Å². The lowest BCUT2D eigenvalue weighted by molar-refractivity contribution is 0.0954. The molecule has 4 rings (SSSR count). The van der Waals surface area contributed by atoms with Crippen LogP contribution in [0.15, 0.2) is 72.8 Å². The first-order chi connectivity index (χ1) is 17.1. The van der Waals surface area contributed by atoms with Crippen molar-refractivity contribution in [2.24, 2.45) is 0 Å². The Balaban J connectivity index is 1.26. The molecule has 0 aliphatic heterocycles. The first-order valence-corrected chi connectivity index (χ1v) is 11.9. The maximum absolute atomic E-state index is 12.5. The molecule has 0 unspecified atom stereocenters. The number of nitrogens with one attached hydrogen (secondary N) is 2. The minimum atomic E-state index is -0.593. The second-order valence-corrected chi connectivity index (χ2v) is 8.42. The van der Waals surface area contributed by atoms with Gasteiger partial charge in [0.05, 0.1) is 13.2 Å². The predicted octanol–water partition coefficient (Wildman–Crippen LogP) is 5.60. The predicted molar refractivity (Wildman–Crippen MR) is 134 cm³/mol. The van der Waals surface area contributed by atoms with Crippen molar-refractivity contribution in [1.29, 1.82) is 0 Å². The fourth-order valence-electron chi connectivity index (χ4n) is 4.02. The van der Waals surface area contributed by atoms with Crippen molar-refractivity contribution in [3.63, 3.8) is 0 Å². The molecule has 0 aromatic heterocycles. The van der Waals surface area contributed by atoms with Gasteiger partial charge in [-0.2, -0.15) is 0 Å². The monoisotopic (exact) mass is 474 g/mol. The van der Waals surface area contributed by atoms with Gasteiger partial charge in [0.25, 0.3) is 5.91 Å². The molecule has 1 saturated carbocycles. The number of methoxy groups -OCH3 is 1. The molecule has 3 aromatic carbocycles. The fourth-order valence-corrected chi connectivity index (χ4v) is 4.02. The van der Waals surface area contributed by atoms with Crippen LogP contribution in [-0.2, 0) is 6.42 Å². The molecule has 0 heterocycles. The summed E-state index contributed by atoms with van der Waals surface area (Å²) in [6, 6.07) is 21.4. The standard InChI is InChI=1S/C28H30N2O5/c1-33-25-16-11-20(19-26(25)34-23-9-5-6-10-23)17-18-29-27(31)21-12-14-22(15-13-21)30-28(32)35-24-7-3-2-4-8-24/h2-4,7-8,11-16,19,23H,5-6,9-10,17-18H2,1H3,(H,29,31)(H,30,32). The summed E-state index contributed by atoms with van der Waals surface area (Å²) in [5, 5.41) is 5.58.